The third kappa shape index (κ3) is 8.55. The number of methoxy groups -OCH3 is 4. The molecule has 7 nitrogen and oxygen atoms in total. The van der Waals surface area contributed by atoms with Gasteiger partial charge >= 0.3 is 0 Å². The first-order valence-corrected chi connectivity index (χ1v) is 18.5. The van der Waals surface area contributed by atoms with E-state index in [9.17, 15) is 5.11 Å². The standard InChI is InChI=1S/C48H50O7/c1-46(49,32-34-54-47(36-12-8-6-9-13-36,38-16-24-42(50-2)25-17-38)39-18-26-43(51-3)27-19-39)33-35-55-48(37-14-10-7-11-15-37,40-20-28-44(52-4)29-21-40)41-22-30-45(53-5)31-23-41/h6-31,49H,32-35H2,1-5H3. The van der Waals surface area contributed by atoms with Gasteiger partial charge in [0.15, 0.2) is 0 Å². The van der Waals surface area contributed by atoms with Gasteiger partial charge in [-0.1, -0.05) is 109 Å². The predicted octanol–water partition coefficient (Wildman–Crippen LogP) is 9.57. The topological polar surface area (TPSA) is 75.6 Å². The molecule has 0 radical (unpaired) electrons. The highest BCUT2D eigenvalue weighted by Gasteiger charge is 2.40. The Morgan fingerprint density at radius 1 is 0.364 bits per heavy atom. The first kappa shape index (κ1) is 39.1. The number of hydrogen-bond donors (Lipinski definition) is 1. The van der Waals surface area contributed by atoms with Gasteiger partial charge in [-0.3, -0.25) is 0 Å². The van der Waals surface area contributed by atoms with Crippen LogP contribution < -0.4 is 18.9 Å². The van der Waals surface area contributed by atoms with E-state index in [0.29, 0.717) is 12.8 Å². The largest absolute Gasteiger partial charge is 0.497 e. The molecular formula is C48H50O7. The fourth-order valence-electron chi connectivity index (χ4n) is 7.12. The molecule has 55 heavy (non-hydrogen) atoms. The van der Waals surface area contributed by atoms with E-state index in [1.165, 1.54) is 0 Å². The molecule has 0 saturated heterocycles. The van der Waals surface area contributed by atoms with Crippen LogP contribution in [0.1, 0.15) is 53.1 Å². The quantitative estimate of drug-likeness (QED) is 0.0881. The lowest BCUT2D eigenvalue weighted by molar-refractivity contribution is -0.0599. The molecule has 1 N–H and O–H groups in total. The molecule has 0 aromatic heterocycles. The smallest absolute Gasteiger partial charge is 0.143 e. The Labute approximate surface area is 325 Å². The zero-order valence-corrected chi connectivity index (χ0v) is 32.2. The summed E-state index contributed by atoms with van der Waals surface area (Å²) in [6.45, 7) is 2.34. The van der Waals surface area contributed by atoms with Crippen molar-refractivity contribution in [3.8, 4) is 23.0 Å². The molecule has 0 fully saturated rings. The van der Waals surface area contributed by atoms with E-state index in [-0.39, 0.29) is 13.2 Å². The molecule has 0 unspecified atom stereocenters. The van der Waals surface area contributed by atoms with Crippen molar-refractivity contribution in [1.82, 2.24) is 0 Å². The van der Waals surface area contributed by atoms with Crippen molar-refractivity contribution >= 4 is 0 Å². The molecule has 0 aliphatic carbocycles. The van der Waals surface area contributed by atoms with Crippen molar-refractivity contribution in [2.75, 3.05) is 41.7 Å². The van der Waals surface area contributed by atoms with Crippen molar-refractivity contribution < 1.29 is 33.5 Å². The molecule has 284 valence electrons. The molecular weight excluding hydrogens is 689 g/mol. The molecule has 0 spiro atoms. The zero-order chi connectivity index (χ0) is 38.7. The molecule has 6 aromatic rings. The fraction of sp³-hybridized carbons (Fsp3) is 0.250. The lowest BCUT2D eigenvalue weighted by Gasteiger charge is -2.38. The molecule has 6 aromatic carbocycles. The SMILES string of the molecule is COc1ccc(C(OCCC(C)(O)CCOC(c2ccccc2)(c2ccc(OC)cc2)c2ccc(OC)cc2)(c2ccccc2)c2ccc(OC)cc2)cc1. The molecule has 0 aliphatic heterocycles. The van der Waals surface area contributed by atoms with Crippen LogP contribution in [0.5, 0.6) is 23.0 Å². The van der Waals surface area contributed by atoms with Gasteiger partial charge in [0.25, 0.3) is 0 Å². The van der Waals surface area contributed by atoms with Gasteiger partial charge < -0.3 is 33.5 Å². The molecule has 0 atom stereocenters. The number of rotatable bonds is 18. The van der Waals surface area contributed by atoms with Gasteiger partial charge in [0.2, 0.25) is 0 Å². The highest BCUT2D eigenvalue weighted by Crippen LogP contribution is 2.44. The average Bonchev–Trinajstić information content (AvgIpc) is 3.25. The van der Waals surface area contributed by atoms with Crippen LogP contribution in [-0.2, 0) is 20.7 Å². The van der Waals surface area contributed by atoms with Crippen LogP contribution in [0.25, 0.3) is 0 Å². The minimum Gasteiger partial charge on any atom is -0.497 e. The normalized spacial score (nSPS) is 11.9. The number of benzene rings is 6. The van der Waals surface area contributed by atoms with Crippen molar-refractivity contribution in [3.05, 3.63) is 191 Å². The highest BCUT2D eigenvalue weighted by atomic mass is 16.5. The van der Waals surface area contributed by atoms with Gasteiger partial charge in [0.1, 0.15) is 34.2 Å². The molecule has 7 heteroatoms. The maximum atomic E-state index is 12.0. The van der Waals surface area contributed by atoms with E-state index in [2.05, 4.69) is 24.3 Å². The fourth-order valence-corrected chi connectivity index (χ4v) is 7.12. The summed E-state index contributed by atoms with van der Waals surface area (Å²) in [5.41, 5.74) is 2.52. The summed E-state index contributed by atoms with van der Waals surface area (Å²) >= 11 is 0. The van der Waals surface area contributed by atoms with E-state index in [1.54, 1.807) is 28.4 Å². The lowest BCUT2D eigenvalue weighted by Crippen LogP contribution is -2.37. The maximum absolute atomic E-state index is 12.0. The van der Waals surface area contributed by atoms with E-state index >= 15 is 0 Å². The van der Waals surface area contributed by atoms with Crippen LogP contribution in [0, 0.1) is 0 Å². The van der Waals surface area contributed by atoms with Crippen molar-refractivity contribution in [3.63, 3.8) is 0 Å². The Morgan fingerprint density at radius 3 is 0.836 bits per heavy atom. The van der Waals surface area contributed by atoms with Gasteiger partial charge in [-0.15, -0.1) is 0 Å². The van der Waals surface area contributed by atoms with Gasteiger partial charge in [0.05, 0.1) is 47.3 Å². The molecule has 0 amide bonds. The van der Waals surface area contributed by atoms with Crippen molar-refractivity contribution in [2.45, 2.75) is 36.6 Å². The highest BCUT2D eigenvalue weighted by molar-refractivity contribution is 5.51. The van der Waals surface area contributed by atoms with Crippen molar-refractivity contribution in [2.24, 2.45) is 0 Å². The Balaban J connectivity index is 1.30. The van der Waals surface area contributed by atoms with Gasteiger partial charge in [-0.25, -0.2) is 0 Å². The summed E-state index contributed by atoms with van der Waals surface area (Å²) in [4.78, 5) is 0. The van der Waals surface area contributed by atoms with Gasteiger partial charge in [-0.05, 0) is 102 Å². The number of aliphatic hydroxyl groups is 1. The van der Waals surface area contributed by atoms with Gasteiger partial charge in [-0.2, -0.15) is 0 Å². The molecule has 0 bridgehead atoms. The molecule has 0 heterocycles. The van der Waals surface area contributed by atoms with E-state index in [0.717, 1.165) is 56.4 Å². The van der Waals surface area contributed by atoms with Crippen LogP contribution in [0.2, 0.25) is 0 Å². The minimum atomic E-state index is -1.13. The third-order valence-electron chi connectivity index (χ3n) is 10.3. The number of hydrogen-bond acceptors (Lipinski definition) is 7. The average molecular weight is 739 g/mol. The third-order valence-corrected chi connectivity index (χ3v) is 10.3. The van der Waals surface area contributed by atoms with Crippen LogP contribution in [0.15, 0.2) is 158 Å². The Bertz CT molecular complexity index is 1800. The molecule has 0 aliphatic rings. The summed E-state index contributed by atoms with van der Waals surface area (Å²) in [6, 6.07) is 52.1. The first-order chi connectivity index (χ1) is 26.8. The molecule has 6 rings (SSSR count). The zero-order valence-electron chi connectivity index (χ0n) is 32.2. The predicted molar refractivity (Wildman–Crippen MR) is 216 cm³/mol. The Hall–Kier alpha value is -5.60. The van der Waals surface area contributed by atoms with Gasteiger partial charge in [0, 0.05) is 0 Å². The minimum absolute atomic E-state index is 0.251. The summed E-state index contributed by atoms with van der Waals surface area (Å²) in [6.07, 6.45) is 0.696. The summed E-state index contributed by atoms with van der Waals surface area (Å²) in [7, 11) is 6.62. The van der Waals surface area contributed by atoms with E-state index in [1.807, 2.05) is 140 Å². The second kappa shape index (κ2) is 17.7. The lowest BCUT2D eigenvalue weighted by atomic mass is 9.79. The van der Waals surface area contributed by atoms with Crippen LogP contribution in [-0.4, -0.2) is 52.4 Å². The van der Waals surface area contributed by atoms with E-state index in [4.69, 9.17) is 28.4 Å². The first-order valence-electron chi connectivity index (χ1n) is 18.5. The second-order valence-corrected chi connectivity index (χ2v) is 13.7. The molecule has 0 saturated carbocycles. The van der Waals surface area contributed by atoms with Crippen LogP contribution >= 0.6 is 0 Å². The Morgan fingerprint density at radius 2 is 0.600 bits per heavy atom. The van der Waals surface area contributed by atoms with Crippen molar-refractivity contribution in [1.29, 1.82) is 0 Å². The summed E-state index contributed by atoms with van der Waals surface area (Å²) in [5, 5.41) is 12.0. The number of ether oxygens (including phenoxy) is 6. The van der Waals surface area contributed by atoms with Crippen LogP contribution in [0.4, 0.5) is 0 Å². The summed E-state index contributed by atoms with van der Waals surface area (Å²) < 4.78 is 36.1. The maximum Gasteiger partial charge on any atom is 0.143 e. The Kier molecular flexibility index (Phi) is 12.6. The van der Waals surface area contributed by atoms with E-state index < -0.39 is 16.8 Å². The summed E-state index contributed by atoms with van der Waals surface area (Å²) in [5.74, 6) is 3.00. The van der Waals surface area contributed by atoms with Crippen LogP contribution in [0.3, 0.4) is 0 Å². The monoisotopic (exact) mass is 738 g/mol. The second-order valence-electron chi connectivity index (χ2n) is 13.7.